The number of halogens is 1. The molecule has 0 radical (unpaired) electrons. The maximum atomic E-state index is 11.0. The Kier molecular flexibility index (Phi) is 2.45. The minimum atomic E-state index is -0.0833. The second-order valence-electron chi connectivity index (χ2n) is 3.81. The van der Waals surface area contributed by atoms with Crippen LogP contribution in [0.25, 0.3) is 0 Å². The zero-order valence-electron chi connectivity index (χ0n) is 7.62. The van der Waals surface area contributed by atoms with E-state index in [1.165, 1.54) is 12.6 Å². The molecule has 3 heterocycles. The van der Waals surface area contributed by atoms with Gasteiger partial charge in [-0.2, -0.15) is 0 Å². The summed E-state index contributed by atoms with van der Waals surface area (Å²) in [5.41, 5.74) is 2.01. The zero-order chi connectivity index (χ0) is 8.84. The number of rotatable bonds is 0. The van der Waals surface area contributed by atoms with Gasteiger partial charge in [0.15, 0.2) is 0 Å². The number of nitrogens with zero attached hydrogens (tertiary/aromatic N) is 1. The lowest BCUT2D eigenvalue weighted by Crippen LogP contribution is -2.34. The molecule has 2 aliphatic heterocycles. The molecular formula is C9H12BrN3O. The summed E-state index contributed by atoms with van der Waals surface area (Å²) in [7, 11) is 0. The third-order valence-electron chi connectivity index (χ3n) is 2.93. The van der Waals surface area contributed by atoms with Crippen LogP contribution in [0.1, 0.15) is 30.3 Å². The summed E-state index contributed by atoms with van der Waals surface area (Å²) >= 11 is 0. The van der Waals surface area contributed by atoms with Crippen LogP contribution in [0.3, 0.4) is 0 Å². The quantitative estimate of drug-likeness (QED) is 0.720. The van der Waals surface area contributed by atoms with Gasteiger partial charge in [0.1, 0.15) is 0 Å². The Bertz CT molecular complexity index is 403. The van der Waals surface area contributed by atoms with E-state index in [9.17, 15) is 4.79 Å². The maximum Gasteiger partial charge on any atom is 0.266 e. The van der Waals surface area contributed by atoms with Crippen LogP contribution in [0.4, 0.5) is 0 Å². The molecule has 1 aromatic heterocycles. The average molecular weight is 258 g/mol. The van der Waals surface area contributed by atoms with Crippen molar-refractivity contribution in [2.24, 2.45) is 0 Å². The molecule has 4 nitrogen and oxygen atoms in total. The Morgan fingerprint density at radius 3 is 3.14 bits per heavy atom. The molecule has 0 amide bonds. The van der Waals surface area contributed by atoms with Crippen molar-refractivity contribution < 1.29 is 0 Å². The smallest absolute Gasteiger partial charge is 0.266 e. The normalized spacial score (nSPS) is 28.0. The fourth-order valence-electron chi connectivity index (χ4n) is 2.35. The number of H-pyrrole nitrogens is 1. The highest BCUT2D eigenvalue weighted by molar-refractivity contribution is 8.93. The lowest BCUT2D eigenvalue weighted by molar-refractivity contribution is 0.493. The standard InChI is InChI=1S/C9H11N3O.BrH/c13-8-4-10-9-6-2-1-5(11-6)3-7(9)12-8;/h4-6,11H,1-3H2,(H,12,13);1H. The van der Waals surface area contributed by atoms with Gasteiger partial charge in [-0.05, 0) is 12.8 Å². The fraction of sp³-hybridized carbons (Fsp3) is 0.556. The lowest BCUT2D eigenvalue weighted by atomic mass is 10.1. The van der Waals surface area contributed by atoms with Gasteiger partial charge in [0.25, 0.3) is 5.56 Å². The van der Waals surface area contributed by atoms with Crippen LogP contribution in [-0.4, -0.2) is 16.0 Å². The van der Waals surface area contributed by atoms with E-state index in [0.29, 0.717) is 12.1 Å². The molecule has 2 atom stereocenters. The number of aromatic nitrogens is 2. The van der Waals surface area contributed by atoms with E-state index in [1.54, 1.807) is 0 Å². The van der Waals surface area contributed by atoms with E-state index in [-0.39, 0.29) is 22.5 Å². The SMILES string of the molecule is Br.O=c1cnc2c([nH]1)CC1CCC2N1. The second kappa shape index (κ2) is 3.47. The Morgan fingerprint density at radius 1 is 1.43 bits per heavy atom. The fourth-order valence-corrected chi connectivity index (χ4v) is 2.35. The van der Waals surface area contributed by atoms with Crippen LogP contribution in [0.15, 0.2) is 11.0 Å². The minimum Gasteiger partial charge on any atom is -0.323 e. The molecule has 3 rings (SSSR count). The summed E-state index contributed by atoms with van der Waals surface area (Å²) in [5.74, 6) is 0. The van der Waals surface area contributed by atoms with Crippen molar-refractivity contribution in [3.05, 3.63) is 27.9 Å². The van der Waals surface area contributed by atoms with Crippen LogP contribution in [0.2, 0.25) is 0 Å². The highest BCUT2D eigenvalue weighted by Gasteiger charge is 2.33. The predicted octanol–water partition coefficient (Wildman–Crippen LogP) is 0.697. The summed E-state index contributed by atoms with van der Waals surface area (Å²) in [6.45, 7) is 0. The molecule has 5 heteroatoms. The predicted molar refractivity (Wildman–Crippen MR) is 57.8 cm³/mol. The van der Waals surface area contributed by atoms with Crippen LogP contribution < -0.4 is 10.9 Å². The van der Waals surface area contributed by atoms with Gasteiger partial charge >= 0.3 is 0 Å². The van der Waals surface area contributed by atoms with Crippen molar-refractivity contribution in [2.45, 2.75) is 31.3 Å². The second-order valence-corrected chi connectivity index (χ2v) is 3.81. The summed E-state index contributed by atoms with van der Waals surface area (Å²) in [5, 5.41) is 3.48. The molecular weight excluding hydrogens is 246 g/mol. The molecule has 2 aliphatic rings. The van der Waals surface area contributed by atoms with E-state index in [0.717, 1.165) is 24.2 Å². The van der Waals surface area contributed by atoms with E-state index < -0.39 is 0 Å². The third kappa shape index (κ3) is 1.40. The molecule has 0 spiro atoms. The largest absolute Gasteiger partial charge is 0.323 e. The average Bonchev–Trinajstić information content (AvgIpc) is 2.48. The first-order valence-electron chi connectivity index (χ1n) is 4.67. The number of hydrogen-bond acceptors (Lipinski definition) is 3. The Labute approximate surface area is 91.9 Å². The molecule has 0 aromatic carbocycles. The summed E-state index contributed by atoms with van der Waals surface area (Å²) in [4.78, 5) is 18.1. The van der Waals surface area contributed by atoms with Crippen LogP contribution >= 0.6 is 17.0 Å². The van der Waals surface area contributed by atoms with Crippen molar-refractivity contribution in [2.75, 3.05) is 0 Å². The lowest BCUT2D eigenvalue weighted by Gasteiger charge is -2.22. The highest BCUT2D eigenvalue weighted by atomic mass is 79.9. The van der Waals surface area contributed by atoms with E-state index >= 15 is 0 Å². The monoisotopic (exact) mass is 257 g/mol. The molecule has 0 aliphatic carbocycles. The summed E-state index contributed by atoms with van der Waals surface area (Å²) in [6.07, 6.45) is 4.65. The molecule has 1 aromatic rings. The number of hydrogen-bond donors (Lipinski definition) is 2. The number of nitrogens with one attached hydrogen (secondary N) is 2. The molecule has 0 saturated carbocycles. The Balaban J connectivity index is 0.000000750. The molecule has 2 bridgehead atoms. The molecule has 14 heavy (non-hydrogen) atoms. The van der Waals surface area contributed by atoms with Gasteiger partial charge in [-0.3, -0.25) is 9.78 Å². The van der Waals surface area contributed by atoms with Gasteiger partial charge in [-0.1, -0.05) is 0 Å². The molecule has 2 unspecified atom stereocenters. The third-order valence-corrected chi connectivity index (χ3v) is 2.93. The summed E-state index contributed by atoms with van der Waals surface area (Å²) in [6, 6.07) is 0.933. The number of fused-ring (bicyclic) bond motifs is 4. The zero-order valence-corrected chi connectivity index (χ0v) is 9.33. The first-order valence-corrected chi connectivity index (χ1v) is 4.67. The first kappa shape index (κ1) is 9.86. The highest BCUT2D eigenvalue weighted by Crippen LogP contribution is 2.32. The number of aromatic amines is 1. The topological polar surface area (TPSA) is 57.8 Å². The van der Waals surface area contributed by atoms with Gasteiger partial charge in [-0.25, -0.2) is 0 Å². The van der Waals surface area contributed by atoms with Crippen LogP contribution in [0.5, 0.6) is 0 Å². The van der Waals surface area contributed by atoms with Crippen molar-refractivity contribution in [1.82, 2.24) is 15.3 Å². The van der Waals surface area contributed by atoms with Crippen molar-refractivity contribution in [3.63, 3.8) is 0 Å². The summed E-state index contributed by atoms with van der Waals surface area (Å²) < 4.78 is 0. The Hall–Kier alpha value is -0.680. The van der Waals surface area contributed by atoms with E-state index in [4.69, 9.17) is 0 Å². The Morgan fingerprint density at radius 2 is 2.29 bits per heavy atom. The van der Waals surface area contributed by atoms with E-state index in [1.807, 2.05) is 0 Å². The van der Waals surface area contributed by atoms with Crippen LogP contribution in [-0.2, 0) is 6.42 Å². The van der Waals surface area contributed by atoms with Crippen molar-refractivity contribution in [3.8, 4) is 0 Å². The maximum absolute atomic E-state index is 11.0. The molecule has 1 fully saturated rings. The van der Waals surface area contributed by atoms with Gasteiger partial charge in [0, 0.05) is 18.2 Å². The van der Waals surface area contributed by atoms with Crippen LogP contribution in [0, 0.1) is 0 Å². The first-order chi connectivity index (χ1) is 6.33. The minimum absolute atomic E-state index is 0. The van der Waals surface area contributed by atoms with E-state index in [2.05, 4.69) is 15.3 Å². The van der Waals surface area contributed by atoms with Crippen molar-refractivity contribution in [1.29, 1.82) is 0 Å². The molecule has 2 N–H and O–H groups in total. The van der Waals surface area contributed by atoms with Gasteiger partial charge < -0.3 is 10.3 Å². The van der Waals surface area contributed by atoms with Gasteiger partial charge in [0.2, 0.25) is 0 Å². The molecule has 76 valence electrons. The van der Waals surface area contributed by atoms with Crippen molar-refractivity contribution >= 4 is 17.0 Å². The van der Waals surface area contributed by atoms with Gasteiger partial charge in [-0.15, -0.1) is 17.0 Å². The molecule has 1 saturated heterocycles. The van der Waals surface area contributed by atoms with Gasteiger partial charge in [0.05, 0.1) is 17.9 Å².